The first-order valence-electron chi connectivity index (χ1n) is 8.44. The Morgan fingerprint density at radius 3 is 2.74 bits per heavy atom. The molecule has 27 heavy (non-hydrogen) atoms. The maximum Gasteiger partial charge on any atom is 0.313 e. The summed E-state index contributed by atoms with van der Waals surface area (Å²) >= 11 is 1.55. The first-order valence-corrected chi connectivity index (χ1v) is 9.66. The molecule has 0 radical (unpaired) electrons. The van der Waals surface area contributed by atoms with E-state index in [1.807, 2.05) is 60.5 Å². The second-order valence-corrected chi connectivity index (χ2v) is 7.04. The number of anilines is 1. The predicted octanol–water partition coefficient (Wildman–Crippen LogP) is 2.69. The molecule has 2 aromatic carbocycles. The van der Waals surface area contributed by atoms with Gasteiger partial charge in [-0.1, -0.05) is 12.1 Å². The minimum Gasteiger partial charge on any atom is -0.387 e. The number of thioether (sulfide) groups is 1. The second kappa shape index (κ2) is 8.28. The first kappa shape index (κ1) is 19.0. The summed E-state index contributed by atoms with van der Waals surface area (Å²) in [6.45, 7) is -0.0462. The van der Waals surface area contributed by atoms with Gasteiger partial charge in [-0.15, -0.1) is 11.8 Å². The van der Waals surface area contributed by atoms with Crippen molar-refractivity contribution in [2.24, 2.45) is 7.05 Å². The number of carbonyl (C=O) groups is 2. The van der Waals surface area contributed by atoms with Crippen LogP contribution in [0.5, 0.6) is 0 Å². The third-order valence-corrected chi connectivity index (χ3v) is 5.01. The topological polar surface area (TPSA) is 83.4 Å². The zero-order valence-corrected chi connectivity index (χ0v) is 15.9. The number of aromatic nitrogens is 1. The van der Waals surface area contributed by atoms with Crippen molar-refractivity contribution in [1.82, 2.24) is 9.88 Å². The molecule has 0 saturated carbocycles. The molecule has 3 N–H and O–H groups in total. The van der Waals surface area contributed by atoms with Crippen LogP contribution >= 0.6 is 11.8 Å². The molecule has 3 aromatic rings. The van der Waals surface area contributed by atoms with E-state index in [1.165, 1.54) is 0 Å². The van der Waals surface area contributed by atoms with Gasteiger partial charge in [0.25, 0.3) is 0 Å². The first-order chi connectivity index (χ1) is 13.0. The van der Waals surface area contributed by atoms with Crippen molar-refractivity contribution >= 4 is 40.2 Å². The van der Waals surface area contributed by atoms with Gasteiger partial charge in [0.15, 0.2) is 0 Å². The number of amides is 2. The molecule has 0 bridgehead atoms. The lowest BCUT2D eigenvalue weighted by atomic mass is 10.1. The Balaban J connectivity index is 1.57. The van der Waals surface area contributed by atoms with E-state index < -0.39 is 17.9 Å². The molecule has 3 rings (SSSR count). The normalized spacial score (nSPS) is 12.0. The third kappa shape index (κ3) is 4.50. The van der Waals surface area contributed by atoms with Gasteiger partial charge in [0, 0.05) is 35.9 Å². The number of nitrogens with zero attached hydrogens (tertiary/aromatic N) is 1. The van der Waals surface area contributed by atoms with Gasteiger partial charge < -0.3 is 20.3 Å². The van der Waals surface area contributed by atoms with Crippen molar-refractivity contribution in [3.63, 3.8) is 0 Å². The molecule has 7 heteroatoms. The van der Waals surface area contributed by atoms with Gasteiger partial charge in [-0.25, -0.2) is 0 Å². The molecular weight excluding hydrogens is 362 g/mol. The van der Waals surface area contributed by atoms with Gasteiger partial charge in [0.1, 0.15) is 0 Å². The second-order valence-electron chi connectivity index (χ2n) is 6.16. The maximum absolute atomic E-state index is 12.0. The molecule has 0 fully saturated rings. The van der Waals surface area contributed by atoms with E-state index in [9.17, 15) is 14.7 Å². The van der Waals surface area contributed by atoms with Crippen molar-refractivity contribution in [1.29, 1.82) is 0 Å². The number of nitrogens with one attached hydrogen (secondary N) is 2. The van der Waals surface area contributed by atoms with E-state index in [-0.39, 0.29) is 6.54 Å². The summed E-state index contributed by atoms with van der Waals surface area (Å²) in [5, 5.41) is 16.4. The molecule has 0 saturated heterocycles. The Morgan fingerprint density at radius 1 is 1.15 bits per heavy atom. The molecule has 0 unspecified atom stereocenters. The van der Waals surface area contributed by atoms with Crippen molar-refractivity contribution in [2.45, 2.75) is 11.0 Å². The Morgan fingerprint density at radius 2 is 1.96 bits per heavy atom. The summed E-state index contributed by atoms with van der Waals surface area (Å²) in [4.78, 5) is 25.0. The quantitative estimate of drug-likeness (QED) is 0.467. The van der Waals surface area contributed by atoms with Crippen LogP contribution in [0.1, 0.15) is 11.7 Å². The molecular formula is C20H21N3O3S. The molecule has 1 atom stereocenters. The highest BCUT2D eigenvalue weighted by Crippen LogP contribution is 2.21. The van der Waals surface area contributed by atoms with E-state index in [1.54, 1.807) is 23.9 Å². The van der Waals surface area contributed by atoms with Crippen LogP contribution < -0.4 is 10.6 Å². The Hall–Kier alpha value is -2.77. The largest absolute Gasteiger partial charge is 0.387 e. The van der Waals surface area contributed by atoms with Crippen molar-refractivity contribution in [3.05, 3.63) is 60.3 Å². The van der Waals surface area contributed by atoms with Gasteiger partial charge in [-0.05, 0) is 53.6 Å². The van der Waals surface area contributed by atoms with Gasteiger partial charge in [0.05, 0.1) is 6.10 Å². The van der Waals surface area contributed by atoms with Gasteiger partial charge in [-0.2, -0.15) is 0 Å². The number of aliphatic hydroxyl groups is 1. The molecule has 1 heterocycles. The summed E-state index contributed by atoms with van der Waals surface area (Å²) in [7, 11) is 1.95. The fourth-order valence-corrected chi connectivity index (χ4v) is 3.24. The molecule has 2 amide bonds. The minimum absolute atomic E-state index is 0.0462. The Labute approximate surface area is 161 Å². The van der Waals surface area contributed by atoms with Crippen molar-refractivity contribution in [3.8, 4) is 0 Å². The van der Waals surface area contributed by atoms with E-state index in [0.717, 1.165) is 15.8 Å². The fourth-order valence-electron chi connectivity index (χ4n) is 2.78. The average molecular weight is 383 g/mol. The highest BCUT2D eigenvalue weighted by Gasteiger charge is 2.16. The third-order valence-electron chi connectivity index (χ3n) is 4.28. The van der Waals surface area contributed by atoms with Crippen LogP contribution in [0.2, 0.25) is 0 Å². The zero-order valence-electron chi connectivity index (χ0n) is 15.1. The summed E-state index contributed by atoms with van der Waals surface area (Å²) in [5.41, 5.74) is 2.29. The van der Waals surface area contributed by atoms with Crippen LogP contribution in [0.15, 0.2) is 59.6 Å². The standard InChI is InChI=1S/C20H21N3O3S/c1-23-9-8-13-10-14(6-7-17(13)23)18(24)12-21-19(25)20(26)22-15-4-3-5-16(11-15)27-2/h3-11,18,24H,12H2,1-2H3,(H,21,25)(H,22,26)/t18-/m1/s1. The van der Waals surface area contributed by atoms with E-state index in [2.05, 4.69) is 10.6 Å². The molecule has 0 aliphatic carbocycles. The van der Waals surface area contributed by atoms with Gasteiger partial charge >= 0.3 is 11.8 Å². The summed E-state index contributed by atoms with van der Waals surface area (Å²) in [6.07, 6.45) is 2.98. The highest BCUT2D eigenvalue weighted by atomic mass is 32.2. The number of hydrogen-bond acceptors (Lipinski definition) is 4. The number of aryl methyl sites for hydroxylation is 1. The lowest BCUT2D eigenvalue weighted by Gasteiger charge is -2.13. The van der Waals surface area contributed by atoms with Crippen LogP contribution in [0.3, 0.4) is 0 Å². The molecule has 140 valence electrons. The van der Waals surface area contributed by atoms with E-state index in [4.69, 9.17) is 0 Å². The van der Waals surface area contributed by atoms with Crippen LogP contribution in [0.4, 0.5) is 5.69 Å². The Kier molecular flexibility index (Phi) is 5.83. The summed E-state index contributed by atoms with van der Waals surface area (Å²) in [5.74, 6) is -1.55. The Bertz CT molecular complexity index is 984. The van der Waals surface area contributed by atoms with E-state index >= 15 is 0 Å². The molecule has 6 nitrogen and oxygen atoms in total. The minimum atomic E-state index is -0.897. The van der Waals surface area contributed by atoms with Crippen molar-refractivity contribution in [2.75, 3.05) is 18.1 Å². The van der Waals surface area contributed by atoms with Crippen LogP contribution in [-0.2, 0) is 16.6 Å². The van der Waals surface area contributed by atoms with E-state index in [0.29, 0.717) is 11.3 Å². The van der Waals surface area contributed by atoms with Crippen LogP contribution in [0.25, 0.3) is 10.9 Å². The number of carbonyl (C=O) groups excluding carboxylic acids is 2. The maximum atomic E-state index is 12.0. The lowest BCUT2D eigenvalue weighted by molar-refractivity contribution is -0.136. The highest BCUT2D eigenvalue weighted by molar-refractivity contribution is 7.98. The zero-order chi connectivity index (χ0) is 19.4. The van der Waals surface area contributed by atoms with Crippen molar-refractivity contribution < 1.29 is 14.7 Å². The molecule has 0 spiro atoms. The monoisotopic (exact) mass is 383 g/mol. The summed E-state index contributed by atoms with van der Waals surface area (Å²) < 4.78 is 1.99. The number of aliphatic hydroxyl groups excluding tert-OH is 1. The summed E-state index contributed by atoms with van der Waals surface area (Å²) in [6, 6.07) is 14.8. The number of rotatable bonds is 5. The SMILES string of the molecule is CSc1cccc(NC(=O)C(=O)NC[C@@H](O)c2ccc3c(ccn3C)c2)c1. The lowest BCUT2D eigenvalue weighted by Crippen LogP contribution is -2.37. The molecule has 1 aromatic heterocycles. The van der Waals surface area contributed by atoms with Gasteiger partial charge in [0.2, 0.25) is 0 Å². The van der Waals surface area contributed by atoms with Gasteiger partial charge in [-0.3, -0.25) is 9.59 Å². The number of hydrogen-bond donors (Lipinski definition) is 3. The average Bonchev–Trinajstić information content (AvgIpc) is 3.06. The smallest absolute Gasteiger partial charge is 0.313 e. The number of benzene rings is 2. The fraction of sp³-hybridized carbons (Fsp3) is 0.200. The van der Waals surface area contributed by atoms with Crippen LogP contribution in [-0.4, -0.2) is 34.3 Å². The number of fused-ring (bicyclic) bond motifs is 1. The predicted molar refractivity (Wildman–Crippen MR) is 108 cm³/mol. The molecule has 0 aliphatic heterocycles. The van der Waals surface area contributed by atoms with Crippen LogP contribution in [0, 0.1) is 0 Å². The molecule has 0 aliphatic rings.